The van der Waals surface area contributed by atoms with Crippen molar-refractivity contribution >= 4 is 39.3 Å². The second kappa shape index (κ2) is 6.49. The van der Waals surface area contributed by atoms with Gasteiger partial charge in [0.05, 0.1) is 17.9 Å². The van der Waals surface area contributed by atoms with E-state index in [1.54, 1.807) is 30.9 Å². The van der Waals surface area contributed by atoms with Gasteiger partial charge in [-0.05, 0) is 41.6 Å². The van der Waals surface area contributed by atoms with Gasteiger partial charge in [-0.2, -0.15) is 5.26 Å². The molecule has 1 fully saturated rings. The molecule has 0 radical (unpaired) electrons. The van der Waals surface area contributed by atoms with Gasteiger partial charge in [0, 0.05) is 41.4 Å². The standard InChI is InChI=1S/C21H15N7O/c22-8-13-4-15(13)21(29)28-19-7-12-3-11(5-17(23)16(12)10-26-19)14-6-18-20(27-9-14)25-2-1-24-18/h1-3,5-7,9-10,13,15H,4,23H2,(H,26,28,29). The van der Waals surface area contributed by atoms with E-state index in [-0.39, 0.29) is 17.7 Å². The molecule has 1 aromatic carbocycles. The molecule has 3 heterocycles. The van der Waals surface area contributed by atoms with Gasteiger partial charge in [-0.25, -0.2) is 15.0 Å². The zero-order valence-electron chi connectivity index (χ0n) is 15.2. The van der Waals surface area contributed by atoms with Crippen molar-refractivity contribution in [2.75, 3.05) is 11.1 Å². The molecule has 1 aliphatic rings. The van der Waals surface area contributed by atoms with Gasteiger partial charge in [-0.15, -0.1) is 0 Å². The van der Waals surface area contributed by atoms with Gasteiger partial charge in [0.15, 0.2) is 5.65 Å². The minimum atomic E-state index is -0.251. The molecule has 29 heavy (non-hydrogen) atoms. The molecule has 0 spiro atoms. The summed E-state index contributed by atoms with van der Waals surface area (Å²) in [6.07, 6.45) is 7.20. The van der Waals surface area contributed by atoms with Crippen LogP contribution in [0.3, 0.4) is 0 Å². The van der Waals surface area contributed by atoms with E-state index in [1.807, 2.05) is 18.2 Å². The van der Waals surface area contributed by atoms with Crippen molar-refractivity contribution in [1.82, 2.24) is 19.9 Å². The minimum absolute atomic E-state index is 0.176. The van der Waals surface area contributed by atoms with Crippen LogP contribution in [0.4, 0.5) is 11.5 Å². The lowest BCUT2D eigenvalue weighted by molar-refractivity contribution is -0.117. The van der Waals surface area contributed by atoms with Gasteiger partial charge in [0.25, 0.3) is 0 Å². The van der Waals surface area contributed by atoms with Crippen LogP contribution < -0.4 is 11.1 Å². The normalized spacial score (nSPS) is 17.8. The van der Waals surface area contributed by atoms with Crippen LogP contribution in [0, 0.1) is 23.2 Å². The number of carbonyl (C=O) groups is 1. The summed E-state index contributed by atoms with van der Waals surface area (Å²) in [7, 11) is 0. The third kappa shape index (κ3) is 3.08. The summed E-state index contributed by atoms with van der Waals surface area (Å²) in [5, 5.41) is 13.3. The van der Waals surface area contributed by atoms with Crippen LogP contribution in [-0.2, 0) is 4.79 Å². The van der Waals surface area contributed by atoms with E-state index in [4.69, 9.17) is 11.0 Å². The Morgan fingerprint density at radius 3 is 2.76 bits per heavy atom. The number of benzene rings is 1. The van der Waals surface area contributed by atoms with E-state index in [2.05, 4.69) is 31.3 Å². The van der Waals surface area contributed by atoms with Crippen LogP contribution in [0.15, 0.2) is 49.1 Å². The molecule has 1 amide bonds. The van der Waals surface area contributed by atoms with E-state index < -0.39 is 0 Å². The molecule has 1 aliphatic carbocycles. The predicted octanol–water partition coefficient (Wildman–Crippen LogP) is 2.92. The number of fused-ring (bicyclic) bond motifs is 2. The number of aromatic nitrogens is 4. The molecule has 1 saturated carbocycles. The van der Waals surface area contributed by atoms with Crippen molar-refractivity contribution in [2.45, 2.75) is 6.42 Å². The number of nitriles is 1. The molecule has 3 aromatic heterocycles. The molecular weight excluding hydrogens is 366 g/mol. The zero-order chi connectivity index (χ0) is 20.0. The minimum Gasteiger partial charge on any atom is -0.398 e. The molecule has 4 aromatic rings. The van der Waals surface area contributed by atoms with Crippen LogP contribution in [-0.4, -0.2) is 25.8 Å². The van der Waals surface area contributed by atoms with Crippen molar-refractivity contribution < 1.29 is 4.79 Å². The summed E-state index contributed by atoms with van der Waals surface area (Å²) in [4.78, 5) is 29.3. The summed E-state index contributed by atoms with van der Waals surface area (Å²) < 4.78 is 0. The maximum Gasteiger partial charge on any atom is 0.230 e. The largest absolute Gasteiger partial charge is 0.398 e. The lowest BCUT2D eigenvalue weighted by Gasteiger charge is -2.10. The van der Waals surface area contributed by atoms with E-state index in [9.17, 15) is 4.79 Å². The Hall–Kier alpha value is -4.12. The monoisotopic (exact) mass is 381 g/mol. The number of carbonyl (C=O) groups excluding carboxylic acids is 1. The van der Waals surface area contributed by atoms with E-state index in [0.29, 0.717) is 29.1 Å². The Morgan fingerprint density at radius 2 is 1.93 bits per heavy atom. The van der Waals surface area contributed by atoms with Crippen LogP contribution in [0.2, 0.25) is 0 Å². The van der Waals surface area contributed by atoms with Crippen LogP contribution >= 0.6 is 0 Å². The fourth-order valence-corrected chi connectivity index (χ4v) is 3.38. The number of pyridine rings is 2. The van der Waals surface area contributed by atoms with Crippen molar-refractivity contribution in [2.24, 2.45) is 11.8 Å². The number of nitrogens with zero attached hydrogens (tertiary/aromatic N) is 5. The molecule has 0 bridgehead atoms. The first-order valence-corrected chi connectivity index (χ1v) is 9.09. The highest BCUT2D eigenvalue weighted by molar-refractivity contribution is 6.00. The third-order valence-corrected chi connectivity index (χ3v) is 5.07. The number of hydrogen-bond donors (Lipinski definition) is 2. The first kappa shape index (κ1) is 17.0. The number of hydrogen-bond acceptors (Lipinski definition) is 7. The summed E-state index contributed by atoms with van der Waals surface area (Å²) in [6.45, 7) is 0. The lowest BCUT2D eigenvalue weighted by atomic mass is 10.0. The number of anilines is 2. The molecule has 8 nitrogen and oxygen atoms in total. The van der Waals surface area contributed by atoms with Crippen molar-refractivity contribution in [1.29, 1.82) is 5.26 Å². The Labute approximate surface area is 165 Å². The maximum atomic E-state index is 12.2. The lowest BCUT2D eigenvalue weighted by Crippen LogP contribution is -2.15. The number of amides is 1. The molecule has 8 heteroatoms. The second-order valence-electron chi connectivity index (χ2n) is 7.05. The van der Waals surface area contributed by atoms with Crippen molar-refractivity contribution in [3.05, 3.63) is 49.1 Å². The van der Waals surface area contributed by atoms with Crippen LogP contribution in [0.5, 0.6) is 0 Å². The van der Waals surface area contributed by atoms with Crippen LogP contribution in [0.1, 0.15) is 6.42 Å². The summed E-state index contributed by atoms with van der Waals surface area (Å²) in [6, 6.07) is 9.65. The first-order valence-electron chi connectivity index (χ1n) is 9.09. The molecule has 2 unspecified atom stereocenters. The highest BCUT2D eigenvalue weighted by Gasteiger charge is 2.43. The second-order valence-corrected chi connectivity index (χ2v) is 7.05. The highest BCUT2D eigenvalue weighted by atomic mass is 16.2. The summed E-state index contributed by atoms with van der Waals surface area (Å²) in [5.41, 5.74) is 9.84. The van der Waals surface area contributed by atoms with E-state index >= 15 is 0 Å². The van der Waals surface area contributed by atoms with Crippen molar-refractivity contribution in [3.63, 3.8) is 0 Å². The third-order valence-electron chi connectivity index (χ3n) is 5.07. The number of nitrogens with one attached hydrogen (secondary N) is 1. The van der Waals surface area contributed by atoms with Crippen LogP contribution in [0.25, 0.3) is 33.1 Å². The molecule has 0 saturated heterocycles. The van der Waals surface area contributed by atoms with Gasteiger partial charge in [-0.1, -0.05) is 0 Å². The first-order chi connectivity index (χ1) is 14.1. The number of rotatable bonds is 3. The van der Waals surface area contributed by atoms with E-state index in [0.717, 1.165) is 21.9 Å². The molecular formula is C21H15N7O. The summed E-state index contributed by atoms with van der Waals surface area (Å²) >= 11 is 0. The SMILES string of the molecule is N#CC1CC1C(=O)Nc1cc2cc(-c3cnc4nccnc4c3)cc(N)c2cn1. The Bertz CT molecular complexity index is 1330. The predicted molar refractivity (Wildman–Crippen MR) is 108 cm³/mol. The molecule has 140 valence electrons. The van der Waals surface area contributed by atoms with Gasteiger partial charge < -0.3 is 11.1 Å². The Morgan fingerprint density at radius 1 is 1.07 bits per heavy atom. The summed E-state index contributed by atoms with van der Waals surface area (Å²) in [5.74, 6) is -0.185. The highest BCUT2D eigenvalue weighted by Crippen LogP contribution is 2.38. The zero-order valence-corrected chi connectivity index (χ0v) is 15.2. The van der Waals surface area contributed by atoms with E-state index in [1.165, 1.54) is 0 Å². The van der Waals surface area contributed by atoms with Gasteiger partial charge in [-0.3, -0.25) is 9.78 Å². The average molecular weight is 381 g/mol. The maximum absolute atomic E-state index is 12.2. The Balaban J connectivity index is 1.51. The fraction of sp³-hybridized carbons (Fsp3) is 0.143. The number of nitrogen functional groups attached to an aromatic ring is 1. The smallest absolute Gasteiger partial charge is 0.230 e. The number of nitrogens with two attached hydrogens (primary N) is 1. The average Bonchev–Trinajstić information content (AvgIpc) is 3.53. The molecule has 5 rings (SSSR count). The molecule has 0 aliphatic heterocycles. The van der Waals surface area contributed by atoms with Gasteiger partial charge >= 0.3 is 0 Å². The quantitative estimate of drug-likeness (QED) is 0.522. The Kier molecular flexibility index (Phi) is 3.81. The molecule has 2 atom stereocenters. The molecule has 3 N–H and O–H groups in total. The van der Waals surface area contributed by atoms with Gasteiger partial charge in [0.2, 0.25) is 5.91 Å². The fourth-order valence-electron chi connectivity index (χ4n) is 3.38. The van der Waals surface area contributed by atoms with Crippen molar-refractivity contribution in [3.8, 4) is 17.2 Å². The van der Waals surface area contributed by atoms with Gasteiger partial charge in [0.1, 0.15) is 11.3 Å². The topological polar surface area (TPSA) is 130 Å².